The highest BCUT2D eigenvalue weighted by atomic mass is 32.1. The Bertz CT molecular complexity index is 382. The Kier molecular flexibility index (Phi) is 5.46. The fourth-order valence-corrected chi connectivity index (χ4v) is 1.73. The van der Waals surface area contributed by atoms with E-state index in [2.05, 4.69) is 15.6 Å². The van der Waals surface area contributed by atoms with Crippen molar-refractivity contribution in [2.24, 2.45) is 0 Å². The lowest BCUT2D eigenvalue weighted by atomic mass is 10.4. The smallest absolute Gasteiger partial charge is 0.234 e. The molecule has 1 amide bonds. The van der Waals surface area contributed by atoms with E-state index in [0.29, 0.717) is 19.5 Å². The molecule has 0 aliphatic carbocycles. The maximum atomic E-state index is 11.2. The lowest BCUT2D eigenvalue weighted by molar-refractivity contribution is -0.120. The van der Waals surface area contributed by atoms with E-state index in [4.69, 9.17) is 5.26 Å². The molecule has 0 saturated heterocycles. The zero-order chi connectivity index (χ0) is 11.8. The summed E-state index contributed by atoms with van der Waals surface area (Å²) >= 11 is 1.59. The lowest BCUT2D eigenvalue weighted by Crippen LogP contribution is -2.34. The van der Waals surface area contributed by atoms with Gasteiger partial charge in [0.1, 0.15) is 0 Å². The molecule has 16 heavy (non-hydrogen) atoms. The van der Waals surface area contributed by atoms with Crippen molar-refractivity contribution in [1.29, 1.82) is 5.26 Å². The number of aromatic nitrogens is 1. The largest absolute Gasteiger partial charge is 0.354 e. The third kappa shape index (κ3) is 4.87. The predicted molar refractivity (Wildman–Crippen MR) is 61.8 cm³/mol. The van der Waals surface area contributed by atoms with E-state index >= 15 is 0 Å². The third-order valence-corrected chi connectivity index (χ3v) is 2.64. The number of nitrogens with one attached hydrogen (secondary N) is 2. The van der Waals surface area contributed by atoms with Crippen LogP contribution >= 0.6 is 11.3 Å². The van der Waals surface area contributed by atoms with Crippen LogP contribution in [0.15, 0.2) is 5.38 Å². The third-order valence-electron chi connectivity index (χ3n) is 1.82. The molecule has 2 N–H and O–H groups in total. The zero-order valence-corrected chi connectivity index (χ0v) is 9.93. The summed E-state index contributed by atoms with van der Waals surface area (Å²) < 4.78 is 0. The molecule has 0 saturated carbocycles. The number of amides is 1. The van der Waals surface area contributed by atoms with E-state index < -0.39 is 0 Å². The molecule has 6 heteroatoms. The van der Waals surface area contributed by atoms with Crippen LogP contribution in [-0.4, -0.2) is 24.0 Å². The van der Waals surface area contributed by atoms with E-state index in [-0.39, 0.29) is 12.5 Å². The molecule has 0 radical (unpaired) electrons. The van der Waals surface area contributed by atoms with Gasteiger partial charge in [-0.3, -0.25) is 4.79 Å². The van der Waals surface area contributed by atoms with Gasteiger partial charge in [0, 0.05) is 18.5 Å². The van der Waals surface area contributed by atoms with E-state index in [9.17, 15) is 4.79 Å². The number of rotatable bonds is 6. The van der Waals surface area contributed by atoms with Gasteiger partial charge in [0.2, 0.25) is 5.91 Å². The van der Waals surface area contributed by atoms with Gasteiger partial charge in [0.15, 0.2) is 0 Å². The number of nitriles is 1. The van der Waals surface area contributed by atoms with Crippen LogP contribution in [-0.2, 0) is 11.3 Å². The second-order valence-corrected chi connectivity index (χ2v) is 4.28. The maximum Gasteiger partial charge on any atom is 0.234 e. The molecule has 0 fully saturated rings. The Morgan fingerprint density at radius 3 is 3.12 bits per heavy atom. The van der Waals surface area contributed by atoms with Gasteiger partial charge in [-0.25, -0.2) is 4.98 Å². The molecule has 0 aliphatic rings. The number of carbonyl (C=O) groups excluding carboxylic acids is 1. The predicted octanol–water partition coefficient (Wildman–Crippen LogP) is 0.571. The van der Waals surface area contributed by atoms with Crippen molar-refractivity contribution in [2.45, 2.75) is 19.9 Å². The highest BCUT2D eigenvalue weighted by Gasteiger charge is 2.01. The molecule has 0 spiro atoms. The van der Waals surface area contributed by atoms with Crippen molar-refractivity contribution < 1.29 is 4.79 Å². The number of carbonyl (C=O) groups is 1. The number of nitrogens with zero attached hydrogens (tertiary/aromatic N) is 2. The minimum atomic E-state index is -0.0952. The van der Waals surface area contributed by atoms with Gasteiger partial charge in [-0.05, 0) is 6.92 Å². The van der Waals surface area contributed by atoms with Crippen LogP contribution in [0.5, 0.6) is 0 Å². The fraction of sp³-hybridized carbons (Fsp3) is 0.500. The first-order valence-corrected chi connectivity index (χ1v) is 5.85. The summed E-state index contributed by atoms with van der Waals surface area (Å²) in [5.74, 6) is -0.0952. The summed E-state index contributed by atoms with van der Waals surface area (Å²) in [6.45, 7) is 3.20. The first kappa shape index (κ1) is 12.6. The minimum absolute atomic E-state index is 0.0952. The average Bonchev–Trinajstić information content (AvgIpc) is 2.65. The van der Waals surface area contributed by atoms with Gasteiger partial charge >= 0.3 is 0 Å². The SMILES string of the molecule is Cc1nc(CNCC(=O)NCCC#N)cs1. The summed E-state index contributed by atoms with van der Waals surface area (Å²) in [4.78, 5) is 15.5. The first-order chi connectivity index (χ1) is 7.72. The number of aryl methyl sites for hydroxylation is 1. The Labute approximate surface area is 98.5 Å². The summed E-state index contributed by atoms with van der Waals surface area (Å²) in [6, 6.07) is 1.96. The molecule has 86 valence electrons. The van der Waals surface area contributed by atoms with Crippen LogP contribution in [0.4, 0.5) is 0 Å². The van der Waals surface area contributed by atoms with Crippen LogP contribution < -0.4 is 10.6 Å². The van der Waals surface area contributed by atoms with E-state index in [1.54, 1.807) is 11.3 Å². The molecule has 0 atom stereocenters. The number of hydrogen-bond acceptors (Lipinski definition) is 5. The molecular weight excluding hydrogens is 224 g/mol. The van der Waals surface area contributed by atoms with Crippen LogP contribution in [0.25, 0.3) is 0 Å². The van der Waals surface area contributed by atoms with Crippen LogP contribution in [0.2, 0.25) is 0 Å². The molecule has 1 rings (SSSR count). The normalized spacial score (nSPS) is 9.75. The van der Waals surface area contributed by atoms with Crippen molar-refractivity contribution in [3.05, 3.63) is 16.1 Å². The van der Waals surface area contributed by atoms with Gasteiger partial charge in [-0.1, -0.05) is 0 Å². The zero-order valence-electron chi connectivity index (χ0n) is 9.12. The summed E-state index contributed by atoms with van der Waals surface area (Å²) in [5, 5.41) is 16.9. The van der Waals surface area contributed by atoms with Gasteiger partial charge in [0.25, 0.3) is 0 Å². The molecule has 0 aliphatic heterocycles. The van der Waals surface area contributed by atoms with Gasteiger partial charge in [-0.2, -0.15) is 5.26 Å². The Balaban J connectivity index is 2.11. The molecule has 1 aromatic rings. The Hall–Kier alpha value is -1.45. The monoisotopic (exact) mass is 238 g/mol. The summed E-state index contributed by atoms with van der Waals surface area (Å²) in [5.41, 5.74) is 0.951. The first-order valence-electron chi connectivity index (χ1n) is 4.97. The minimum Gasteiger partial charge on any atom is -0.354 e. The van der Waals surface area contributed by atoms with Crippen molar-refractivity contribution in [1.82, 2.24) is 15.6 Å². The van der Waals surface area contributed by atoms with Crippen molar-refractivity contribution in [2.75, 3.05) is 13.1 Å². The topological polar surface area (TPSA) is 77.8 Å². The Morgan fingerprint density at radius 2 is 2.50 bits per heavy atom. The number of thiazole rings is 1. The molecule has 5 nitrogen and oxygen atoms in total. The van der Waals surface area contributed by atoms with Crippen molar-refractivity contribution >= 4 is 17.2 Å². The quantitative estimate of drug-likeness (QED) is 0.710. The number of hydrogen-bond donors (Lipinski definition) is 2. The Morgan fingerprint density at radius 1 is 1.69 bits per heavy atom. The van der Waals surface area contributed by atoms with Crippen molar-refractivity contribution in [3.8, 4) is 6.07 Å². The second-order valence-electron chi connectivity index (χ2n) is 3.22. The molecule has 1 heterocycles. The lowest BCUT2D eigenvalue weighted by Gasteiger charge is -2.03. The van der Waals surface area contributed by atoms with E-state index in [1.165, 1.54) is 0 Å². The second kappa shape index (κ2) is 6.93. The van der Waals surface area contributed by atoms with Gasteiger partial charge < -0.3 is 10.6 Å². The highest BCUT2D eigenvalue weighted by molar-refractivity contribution is 7.09. The average molecular weight is 238 g/mol. The molecular formula is C10H14N4OS. The van der Waals surface area contributed by atoms with Crippen LogP contribution in [0, 0.1) is 18.3 Å². The molecule has 0 unspecified atom stereocenters. The van der Waals surface area contributed by atoms with E-state index in [1.807, 2.05) is 18.4 Å². The van der Waals surface area contributed by atoms with Crippen molar-refractivity contribution in [3.63, 3.8) is 0 Å². The fourth-order valence-electron chi connectivity index (χ4n) is 1.11. The van der Waals surface area contributed by atoms with Gasteiger partial charge in [0.05, 0.1) is 29.7 Å². The molecule has 0 aromatic carbocycles. The molecule has 0 bridgehead atoms. The van der Waals surface area contributed by atoms with Crippen LogP contribution in [0.3, 0.4) is 0 Å². The standard InChI is InChI=1S/C10H14N4OS/c1-8-14-9(7-16-8)5-12-6-10(15)13-4-2-3-11/h7,12H,2,4-6H2,1H3,(H,13,15). The van der Waals surface area contributed by atoms with Gasteiger partial charge in [-0.15, -0.1) is 11.3 Å². The summed E-state index contributed by atoms with van der Waals surface area (Å²) in [7, 11) is 0. The van der Waals surface area contributed by atoms with Crippen LogP contribution in [0.1, 0.15) is 17.1 Å². The maximum absolute atomic E-state index is 11.2. The highest BCUT2D eigenvalue weighted by Crippen LogP contribution is 2.06. The van der Waals surface area contributed by atoms with E-state index in [0.717, 1.165) is 10.7 Å². The summed E-state index contributed by atoms with van der Waals surface area (Å²) in [6.07, 6.45) is 0.344. The molecule has 1 aromatic heterocycles.